The molecule has 2 rings (SSSR count). The van der Waals surface area contributed by atoms with Crippen LogP contribution in [0.2, 0.25) is 0 Å². The normalized spacial score (nSPS) is 10.8. The summed E-state index contributed by atoms with van der Waals surface area (Å²) in [6.07, 6.45) is 0. The number of methoxy groups -OCH3 is 1. The van der Waals surface area contributed by atoms with Crippen molar-refractivity contribution in [2.45, 2.75) is 18.7 Å². The molecule has 0 aliphatic carbocycles. The van der Waals surface area contributed by atoms with E-state index in [1.54, 1.807) is 13.0 Å². The lowest BCUT2D eigenvalue weighted by atomic mass is 10.1. The van der Waals surface area contributed by atoms with Gasteiger partial charge in [-0.05, 0) is 19.9 Å². The van der Waals surface area contributed by atoms with Gasteiger partial charge in [-0.2, -0.15) is 4.98 Å². The Morgan fingerprint density at radius 3 is 2.48 bits per heavy atom. The molecule has 0 fully saturated rings. The number of benzene rings is 1. The molecule has 0 atom stereocenters. The Hall–Kier alpha value is -3.01. The molecule has 0 bridgehead atoms. The molecule has 0 saturated carbocycles. The average molecular weight is 364 g/mol. The molecular formula is C15H16N4O5S. The van der Waals surface area contributed by atoms with Crippen LogP contribution in [-0.2, 0) is 10.0 Å². The molecule has 1 aromatic carbocycles. The number of sulfonamides is 1. The fourth-order valence-electron chi connectivity index (χ4n) is 2.00. The maximum Gasteiger partial charge on any atom is 0.335 e. The van der Waals surface area contributed by atoms with Gasteiger partial charge in [0, 0.05) is 17.3 Å². The van der Waals surface area contributed by atoms with E-state index in [4.69, 9.17) is 4.74 Å². The van der Waals surface area contributed by atoms with Gasteiger partial charge in [0.2, 0.25) is 11.8 Å². The summed E-state index contributed by atoms with van der Waals surface area (Å²) in [5.74, 6) is -0.342. The third-order valence-corrected chi connectivity index (χ3v) is 4.44. The molecule has 1 heterocycles. The highest BCUT2D eigenvalue weighted by Crippen LogP contribution is 2.16. The maximum absolute atomic E-state index is 12.4. The number of urea groups is 1. The SMILES string of the molecule is COc1cc(C)nc(NC(=O)NS(=O)(=O)c2ccccc2C(C)=O)n1. The maximum atomic E-state index is 12.4. The summed E-state index contributed by atoms with van der Waals surface area (Å²) < 4.78 is 31.5. The van der Waals surface area contributed by atoms with E-state index in [1.165, 1.54) is 38.3 Å². The zero-order valence-corrected chi connectivity index (χ0v) is 14.5. The fraction of sp³-hybridized carbons (Fsp3) is 0.200. The molecule has 132 valence electrons. The number of aromatic nitrogens is 2. The van der Waals surface area contributed by atoms with E-state index in [2.05, 4.69) is 15.3 Å². The second-order valence-electron chi connectivity index (χ2n) is 4.99. The summed E-state index contributed by atoms with van der Waals surface area (Å²) in [7, 11) is -2.85. The number of hydrogen-bond donors (Lipinski definition) is 2. The molecule has 0 unspecified atom stereocenters. The van der Waals surface area contributed by atoms with E-state index >= 15 is 0 Å². The first-order valence-corrected chi connectivity index (χ1v) is 8.54. The molecule has 0 aliphatic heterocycles. The lowest BCUT2D eigenvalue weighted by Crippen LogP contribution is -2.35. The van der Waals surface area contributed by atoms with E-state index in [1.807, 2.05) is 4.72 Å². The number of aryl methyl sites for hydroxylation is 1. The Kier molecular flexibility index (Phi) is 5.32. The van der Waals surface area contributed by atoms with Crippen LogP contribution in [0, 0.1) is 6.92 Å². The van der Waals surface area contributed by atoms with Gasteiger partial charge in [0.05, 0.1) is 12.0 Å². The van der Waals surface area contributed by atoms with Gasteiger partial charge in [0.25, 0.3) is 10.0 Å². The number of amides is 2. The van der Waals surface area contributed by atoms with Gasteiger partial charge in [-0.3, -0.25) is 10.1 Å². The van der Waals surface area contributed by atoms with E-state index in [9.17, 15) is 18.0 Å². The number of ketones is 1. The highest BCUT2D eigenvalue weighted by atomic mass is 32.2. The number of nitrogens with one attached hydrogen (secondary N) is 2. The topological polar surface area (TPSA) is 127 Å². The number of ether oxygens (including phenoxy) is 1. The Balaban J connectivity index is 2.23. The lowest BCUT2D eigenvalue weighted by Gasteiger charge is -2.11. The van der Waals surface area contributed by atoms with Gasteiger partial charge >= 0.3 is 6.03 Å². The predicted octanol–water partition coefficient (Wildman–Crippen LogP) is 1.51. The van der Waals surface area contributed by atoms with Gasteiger partial charge in [-0.1, -0.05) is 18.2 Å². The predicted molar refractivity (Wildman–Crippen MR) is 89.1 cm³/mol. The number of carbonyl (C=O) groups is 2. The smallest absolute Gasteiger partial charge is 0.335 e. The first-order chi connectivity index (χ1) is 11.7. The molecule has 0 aliphatic rings. The summed E-state index contributed by atoms with van der Waals surface area (Å²) in [5, 5.41) is 2.22. The lowest BCUT2D eigenvalue weighted by molar-refractivity contribution is 0.101. The van der Waals surface area contributed by atoms with Crippen LogP contribution in [0.15, 0.2) is 35.2 Å². The molecule has 0 spiro atoms. The summed E-state index contributed by atoms with van der Waals surface area (Å²) in [6.45, 7) is 2.90. The Bertz CT molecular complexity index is 927. The van der Waals surface area contributed by atoms with Crippen molar-refractivity contribution in [2.75, 3.05) is 12.4 Å². The summed E-state index contributed by atoms with van der Waals surface area (Å²) in [4.78, 5) is 31.1. The monoisotopic (exact) mass is 364 g/mol. The minimum Gasteiger partial charge on any atom is -0.481 e. The van der Waals surface area contributed by atoms with Crippen LogP contribution in [0.4, 0.5) is 10.7 Å². The number of Topliss-reactive ketones (excluding diaryl/α,β-unsaturated/α-hetero) is 1. The van der Waals surface area contributed by atoms with Crippen LogP contribution < -0.4 is 14.8 Å². The van der Waals surface area contributed by atoms with Crippen LogP contribution in [0.3, 0.4) is 0 Å². The quantitative estimate of drug-likeness (QED) is 0.770. The molecule has 2 aromatic rings. The highest BCUT2D eigenvalue weighted by molar-refractivity contribution is 7.90. The minimum absolute atomic E-state index is 0.0173. The number of rotatable bonds is 5. The van der Waals surface area contributed by atoms with Crippen LogP contribution >= 0.6 is 0 Å². The Morgan fingerprint density at radius 1 is 1.16 bits per heavy atom. The van der Waals surface area contributed by atoms with Crippen LogP contribution in [0.1, 0.15) is 23.0 Å². The third kappa shape index (κ3) is 4.51. The summed E-state index contributed by atoms with van der Waals surface area (Å²) in [6, 6.07) is 6.06. The van der Waals surface area contributed by atoms with Crippen molar-refractivity contribution in [1.82, 2.24) is 14.7 Å². The van der Waals surface area contributed by atoms with E-state index in [0.717, 1.165) is 0 Å². The third-order valence-electron chi connectivity index (χ3n) is 3.05. The molecule has 2 N–H and O–H groups in total. The van der Waals surface area contributed by atoms with Crippen LogP contribution in [0.25, 0.3) is 0 Å². The highest BCUT2D eigenvalue weighted by Gasteiger charge is 2.23. The molecule has 0 saturated heterocycles. The minimum atomic E-state index is -4.25. The Morgan fingerprint density at radius 2 is 1.84 bits per heavy atom. The second-order valence-corrected chi connectivity index (χ2v) is 6.64. The van der Waals surface area contributed by atoms with Crippen molar-refractivity contribution in [2.24, 2.45) is 0 Å². The van der Waals surface area contributed by atoms with Crippen molar-refractivity contribution in [1.29, 1.82) is 0 Å². The molecule has 10 heteroatoms. The summed E-state index contributed by atoms with van der Waals surface area (Å²) in [5.41, 5.74) is 0.503. The second kappa shape index (κ2) is 7.26. The van der Waals surface area contributed by atoms with Gasteiger partial charge in [-0.15, -0.1) is 0 Å². The van der Waals surface area contributed by atoms with E-state index in [0.29, 0.717) is 5.69 Å². The zero-order chi connectivity index (χ0) is 18.6. The van der Waals surface area contributed by atoms with Crippen molar-refractivity contribution >= 4 is 27.8 Å². The molecule has 25 heavy (non-hydrogen) atoms. The van der Waals surface area contributed by atoms with Gasteiger partial charge in [0.1, 0.15) is 0 Å². The average Bonchev–Trinajstić information content (AvgIpc) is 2.53. The summed E-state index contributed by atoms with van der Waals surface area (Å²) >= 11 is 0. The first-order valence-electron chi connectivity index (χ1n) is 7.06. The molecule has 2 amide bonds. The van der Waals surface area contributed by atoms with E-state index in [-0.39, 0.29) is 22.3 Å². The molecule has 9 nitrogen and oxygen atoms in total. The van der Waals surface area contributed by atoms with Crippen molar-refractivity contribution in [3.63, 3.8) is 0 Å². The van der Waals surface area contributed by atoms with Crippen molar-refractivity contribution in [3.8, 4) is 5.88 Å². The van der Waals surface area contributed by atoms with Gasteiger partial charge in [0.15, 0.2) is 5.78 Å². The molecular weight excluding hydrogens is 348 g/mol. The van der Waals surface area contributed by atoms with Gasteiger partial charge in [-0.25, -0.2) is 22.9 Å². The number of nitrogens with zero attached hydrogens (tertiary/aromatic N) is 2. The largest absolute Gasteiger partial charge is 0.481 e. The van der Waals surface area contributed by atoms with E-state index < -0.39 is 21.8 Å². The van der Waals surface area contributed by atoms with Crippen LogP contribution in [-0.4, -0.2) is 37.3 Å². The first kappa shape index (κ1) is 18.3. The number of anilines is 1. The van der Waals surface area contributed by atoms with Gasteiger partial charge < -0.3 is 4.74 Å². The zero-order valence-electron chi connectivity index (χ0n) is 13.7. The fourth-order valence-corrected chi connectivity index (χ4v) is 3.16. The Labute approximate surface area is 144 Å². The van der Waals surface area contributed by atoms with Crippen molar-refractivity contribution < 1.29 is 22.7 Å². The molecule has 0 radical (unpaired) electrons. The van der Waals surface area contributed by atoms with Crippen LogP contribution in [0.5, 0.6) is 5.88 Å². The molecule has 1 aromatic heterocycles. The van der Waals surface area contributed by atoms with Crippen molar-refractivity contribution in [3.05, 3.63) is 41.6 Å². The number of carbonyl (C=O) groups excluding carboxylic acids is 2. The number of hydrogen-bond acceptors (Lipinski definition) is 7. The standard InChI is InChI=1S/C15H16N4O5S/c1-9-8-13(24-3)17-14(16-9)18-15(21)19-25(22,23)12-7-5-4-6-11(12)10(2)20/h4-8H,1-3H3,(H2,16,17,18,19,21).